The molecule has 0 aliphatic rings. The highest BCUT2D eigenvalue weighted by molar-refractivity contribution is 5.71. The molecule has 0 aliphatic heterocycles. The van der Waals surface area contributed by atoms with E-state index in [1.807, 2.05) is 24.3 Å². The zero-order valence-electron chi connectivity index (χ0n) is 13.1. The van der Waals surface area contributed by atoms with E-state index in [2.05, 4.69) is 0 Å². The van der Waals surface area contributed by atoms with Gasteiger partial charge in [0.05, 0.1) is 18.6 Å². The van der Waals surface area contributed by atoms with E-state index in [-0.39, 0.29) is 18.9 Å². The summed E-state index contributed by atoms with van der Waals surface area (Å²) in [6, 6.07) is 13.0. The van der Waals surface area contributed by atoms with Crippen molar-refractivity contribution in [1.82, 2.24) is 0 Å². The summed E-state index contributed by atoms with van der Waals surface area (Å²) in [7, 11) is 1.60. The van der Waals surface area contributed by atoms with Crippen LogP contribution < -0.4 is 9.47 Å². The molecular weight excluding hydrogens is 314 g/mol. The van der Waals surface area contributed by atoms with Crippen LogP contribution in [0.4, 0.5) is 5.69 Å². The number of carbonyl (C=O) groups excluding carboxylic acids is 1. The Morgan fingerprint density at radius 2 is 1.67 bits per heavy atom. The number of esters is 1. The average Bonchev–Trinajstić information content (AvgIpc) is 2.61. The lowest BCUT2D eigenvalue weighted by Gasteiger charge is -2.07. The molecule has 2 aromatic rings. The number of nitro groups is 1. The van der Waals surface area contributed by atoms with E-state index in [0.29, 0.717) is 12.2 Å². The number of non-ortho nitro benzene ring substituents is 1. The van der Waals surface area contributed by atoms with Crippen LogP contribution in [0.3, 0.4) is 0 Å². The topological polar surface area (TPSA) is 87.9 Å². The van der Waals surface area contributed by atoms with E-state index < -0.39 is 10.9 Å². The fourth-order valence-corrected chi connectivity index (χ4v) is 1.92. The number of carbonyl (C=O) groups is 1. The van der Waals surface area contributed by atoms with Gasteiger partial charge in [-0.2, -0.15) is 0 Å². The van der Waals surface area contributed by atoms with Gasteiger partial charge in [0.25, 0.3) is 5.69 Å². The molecule has 0 N–H and O–H groups in total. The molecule has 0 unspecified atom stereocenters. The van der Waals surface area contributed by atoms with Gasteiger partial charge in [0, 0.05) is 18.6 Å². The molecule has 0 amide bonds. The Labute approximate surface area is 138 Å². The van der Waals surface area contributed by atoms with Gasteiger partial charge in [-0.25, -0.2) is 4.79 Å². The van der Waals surface area contributed by atoms with E-state index >= 15 is 0 Å². The van der Waals surface area contributed by atoms with E-state index in [1.54, 1.807) is 7.11 Å². The van der Waals surface area contributed by atoms with E-state index in [4.69, 9.17) is 14.2 Å². The van der Waals surface area contributed by atoms with Crippen molar-refractivity contribution in [3.8, 4) is 11.5 Å². The molecule has 0 saturated carbocycles. The van der Waals surface area contributed by atoms with Crippen molar-refractivity contribution < 1.29 is 23.9 Å². The number of nitro benzene ring substituents is 1. The average molecular weight is 331 g/mol. The first-order valence-corrected chi connectivity index (χ1v) is 7.24. The third-order valence-electron chi connectivity index (χ3n) is 3.22. The van der Waals surface area contributed by atoms with Crippen LogP contribution >= 0.6 is 0 Å². The Morgan fingerprint density at radius 1 is 1.04 bits per heavy atom. The smallest absolute Gasteiger partial charge is 0.344 e. The van der Waals surface area contributed by atoms with Crippen LogP contribution in [0.5, 0.6) is 11.5 Å². The minimum atomic E-state index is -0.503. The zero-order chi connectivity index (χ0) is 17.4. The number of hydrogen-bond acceptors (Lipinski definition) is 6. The Kier molecular flexibility index (Phi) is 6.13. The molecule has 7 heteroatoms. The molecule has 2 rings (SSSR count). The Morgan fingerprint density at radius 3 is 2.25 bits per heavy atom. The van der Waals surface area contributed by atoms with Crippen molar-refractivity contribution >= 4 is 11.7 Å². The standard InChI is InChI=1S/C17H17NO6/c1-22-15-6-2-13(3-7-15)10-11-23-17(19)12-24-16-8-4-14(5-9-16)18(20)21/h2-9H,10-12H2,1H3. The van der Waals surface area contributed by atoms with E-state index in [9.17, 15) is 14.9 Å². The predicted octanol–water partition coefficient (Wildman–Crippen LogP) is 2.77. The van der Waals surface area contributed by atoms with Crippen LogP contribution in [0.2, 0.25) is 0 Å². The van der Waals surface area contributed by atoms with Crippen molar-refractivity contribution in [2.45, 2.75) is 6.42 Å². The first-order valence-electron chi connectivity index (χ1n) is 7.24. The van der Waals surface area contributed by atoms with Gasteiger partial charge < -0.3 is 14.2 Å². The van der Waals surface area contributed by atoms with Gasteiger partial charge >= 0.3 is 5.97 Å². The highest BCUT2D eigenvalue weighted by Crippen LogP contribution is 2.17. The summed E-state index contributed by atoms with van der Waals surface area (Å²) in [5.74, 6) is 0.641. The molecule has 2 aromatic carbocycles. The SMILES string of the molecule is COc1ccc(CCOC(=O)COc2ccc([N+](=O)[O-])cc2)cc1. The molecular formula is C17H17NO6. The monoisotopic (exact) mass is 331 g/mol. The number of ether oxygens (including phenoxy) is 3. The van der Waals surface area contributed by atoms with Crippen LogP contribution in [0.15, 0.2) is 48.5 Å². The zero-order valence-corrected chi connectivity index (χ0v) is 13.1. The van der Waals surface area contributed by atoms with Gasteiger partial charge in [-0.05, 0) is 29.8 Å². The van der Waals surface area contributed by atoms with Crippen LogP contribution in [-0.2, 0) is 16.0 Å². The number of nitrogens with zero attached hydrogens (tertiary/aromatic N) is 1. The van der Waals surface area contributed by atoms with Gasteiger partial charge in [-0.3, -0.25) is 10.1 Å². The molecule has 0 atom stereocenters. The molecule has 0 bridgehead atoms. The first-order chi connectivity index (χ1) is 11.6. The van der Waals surface area contributed by atoms with Gasteiger partial charge in [-0.1, -0.05) is 12.1 Å². The second-order valence-electron chi connectivity index (χ2n) is 4.86. The van der Waals surface area contributed by atoms with Crippen molar-refractivity contribution in [2.75, 3.05) is 20.3 Å². The quantitative estimate of drug-likeness (QED) is 0.420. The molecule has 0 radical (unpaired) electrons. The Hall–Kier alpha value is -3.09. The molecule has 126 valence electrons. The van der Waals surface area contributed by atoms with Gasteiger partial charge in [0.2, 0.25) is 0 Å². The number of hydrogen-bond donors (Lipinski definition) is 0. The lowest BCUT2D eigenvalue weighted by Crippen LogP contribution is -2.16. The second-order valence-corrected chi connectivity index (χ2v) is 4.86. The summed E-state index contributed by atoms with van der Waals surface area (Å²) in [5.41, 5.74) is 0.990. The second kappa shape index (κ2) is 8.52. The third-order valence-corrected chi connectivity index (χ3v) is 3.22. The Bertz CT molecular complexity index is 681. The van der Waals surface area contributed by atoms with E-state index in [1.165, 1.54) is 24.3 Å². The fraction of sp³-hybridized carbons (Fsp3) is 0.235. The first kappa shape index (κ1) is 17.3. The molecule has 0 spiro atoms. The van der Waals surface area contributed by atoms with Crippen LogP contribution in [-0.4, -0.2) is 31.2 Å². The van der Waals surface area contributed by atoms with Gasteiger partial charge in [0.15, 0.2) is 6.61 Å². The fourth-order valence-electron chi connectivity index (χ4n) is 1.92. The minimum Gasteiger partial charge on any atom is -0.497 e. The van der Waals surface area contributed by atoms with Gasteiger partial charge in [-0.15, -0.1) is 0 Å². The van der Waals surface area contributed by atoms with E-state index in [0.717, 1.165) is 11.3 Å². The number of methoxy groups -OCH3 is 1. The van der Waals surface area contributed by atoms with Crippen LogP contribution in [0, 0.1) is 10.1 Å². The molecule has 0 aromatic heterocycles. The molecule has 0 heterocycles. The third kappa shape index (κ3) is 5.28. The highest BCUT2D eigenvalue weighted by atomic mass is 16.6. The van der Waals surface area contributed by atoms with Gasteiger partial charge in [0.1, 0.15) is 11.5 Å². The Balaban J connectivity index is 1.70. The van der Waals surface area contributed by atoms with Crippen LogP contribution in [0.25, 0.3) is 0 Å². The largest absolute Gasteiger partial charge is 0.497 e. The molecule has 7 nitrogen and oxygen atoms in total. The van der Waals surface area contributed by atoms with Crippen molar-refractivity contribution in [3.05, 3.63) is 64.2 Å². The summed E-state index contributed by atoms with van der Waals surface area (Å²) in [6.45, 7) is -0.00475. The van der Waals surface area contributed by atoms with Crippen molar-refractivity contribution in [3.63, 3.8) is 0 Å². The summed E-state index contributed by atoms with van der Waals surface area (Å²) < 4.78 is 15.4. The highest BCUT2D eigenvalue weighted by Gasteiger charge is 2.07. The van der Waals surface area contributed by atoms with Crippen LogP contribution in [0.1, 0.15) is 5.56 Å². The normalized spacial score (nSPS) is 10.0. The summed E-state index contributed by atoms with van der Waals surface area (Å²) in [5, 5.41) is 10.5. The lowest BCUT2D eigenvalue weighted by atomic mass is 10.1. The molecule has 0 fully saturated rings. The summed E-state index contributed by atoms with van der Waals surface area (Å²) in [4.78, 5) is 21.6. The minimum absolute atomic E-state index is 0.0376. The maximum Gasteiger partial charge on any atom is 0.344 e. The molecule has 0 aliphatic carbocycles. The maximum atomic E-state index is 11.6. The maximum absolute atomic E-state index is 11.6. The summed E-state index contributed by atoms with van der Waals surface area (Å²) in [6.07, 6.45) is 0.591. The van der Waals surface area contributed by atoms with Crippen molar-refractivity contribution in [2.24, 2.45) is 0 Å². The van der Waals surface area contributed by atoms with Crippen molar-refractivity contribution in [1.29, 1.82) is 0 Å². The molecule has 24 heavy (non-hydrogen) atoms. The molecule has 0 saturated heterocycles. The number of benzene rings is 2. The summed E-state index contributed by atoms with van der Waals surface area (Å²) >= 11 is 0. The number of rotatable bonds is 8. The lowest BCUT2D eigenvalue weighted by molar-refractivity contribution is -0.384. The predicted molar refractivity (Wildman–Crippen MR) is 86.2 cm³/mol.